The number of anilines is 2. The van der Waals surface area contributed by atoms with Crippen LogP contribution in [0, 0.1) is 11.8 Å². The number of carbonyl (C=O) groups is 3. The Labute approximate surface area is 277 Å². The van der Waals surface area contributed by atoms with Crippen LogP contribution in [-0.2, 0) is 36.2 Å². The van der Waals surface area contributed by atoms with Gasteiger partial charge in [-0.25, -0.2) is 14.8 Å². The molecule has 248 valence electrons. The first kappa shape index (κ1) is 32.7. The molecule has 1 unspecified atom stereocenters. The van der Waals surface area contributed by atoms with Gasteiger partial charge in [0.05, 0.1) is 11.3 Å². The average molecular weight is 691 g/mol. The Balaban J connectivity index is 1.34. The highest BCUT2D eigenvalue weighted by molar-refractivity contribution is 8.05. The summed E-state index contributed by atoms with van der Waals surface area (Å²) in [5.41, 5.74) is 0.686. The van der Waals surface area contributed by atoms with Crippen LogP contribution in [0.2, 0.25) is 0 Å². The second-order valence-electron chi connectivity index (χ2n) is 11.6. The molecule has 0 spiro atoms. The molecular weight excluding hydrogens is 661 g/mol. The van der Waals surface area contributed by atoms with Gasteiger partial charge in [0.15, 0.2) is 16.7 Å². The molecule has 48 heavy (non-hydrogen) atoms. The monoisotopic (exact) mass is 690 g/mol. The minimum Gasteiger partial charge on any atom is -0.444 e. The van der Waals surface area contributed by atoms with Crippen molar-refractivity contribution in [1.82, 2.24) is 9.29 Å². The maximum absolute atomic E-state index is 13.9. The van der Waals surface area contributed by atoms with Crippen LogP contribution in [0.5, 0.6) is 0 Å². The van der Waals surface area contributed by atoms with E-state index in [2.05, 4.69) is 14.4 Å². The number of benzene rings is 2. The molecule has 14 nitrogen and oxygen atoms in total. The number of rotatable bonds is 7. The standard InChI is InChI=1S/C32H30N6O8S2/c1-20(2)13-16-37-28-23(10-7-14-33-28)27(39)26(31(37)40)29-35-47(42,43)25-12-11-22(18-24(25)36(29)3)30-34-15-17-38(48(30,44)45)32(41)46-19-21-8-5-4-6-9-21/h4-12,14-15,17-18,20,26H,13,16,19H2,1-3H3. The molecule has 3 aliphatic rings. The molecule has 0 saturated carbocycles. The number of aromatic nitrogens is 1. The molecule has 6 rings (SSSR count). The summed E-state index contributed by atoms with van der Waals surface area (Å²) in [7, 11) is -7.62. The number of aliphatic imine (C=N–C) groups is 1. The van der Waals surface area contributed by atoms with Gasteiger partial charge in [-0.2, -0.15) is 21.1 Å². The fraction of sp³-hybridized carbons (Fsp3) is 0.250. The highest BCUT2D eigenvalue weighted by Crippen LogP contribution is 2.38. The summed E-state index contributed by atoms with van der Waals surface area (Å²) in [6, 6.07) is 15.4. The number of amides is 2. The van der Waals surface area contributed by atoms with Crippen LogP contribution >= 0.6 is 0 Å². The van der Waals surface area contributed by atoms with E-state index in [-0.39, 0.29) is 52.4 Å². The van der Waals surface area contributed by atoms with Crippen molar-refractivity contribution >= 4 is 60.2 Å². The molecule has 4 heterocycles. The molecule has 0 bridgehead atoms. The topological polar surface area (TPSA) is 176 Å². The molecule has 3 aliphatic heterocycles. The number of nitrogens with zero attached hydrogens (tertiary/aromatic N) is 6. The van der Waals surface area contributed by atoms with Crippen molar-refractivity contribution in [3.63, 3.8) is 0 Å². The summed E-state index contributed by atoms with van der Waals surface area (Å²) in [6.45, 7) is 4.03. The lowest BCUT2D eigenvalue weighted by molar-refractivity contribution is -0.119. The largest absolute Gasteiger partial charge is 0.444 e. The van der Waals surface area contributed by atoms with Crippen LogP contribution in [0.3, 0.4) is 0 Å². The third kappa shape index (κ3) is 5.77. The first-order valence-electron chi connectivity index (χ1n) is 14.8. The van der Waals surface area contributed by atoms with Crippen molar-refractivity contribution in [3.05, 3.63) is 96.0 Å². The zero-order valence-electron chi connectivity index (χ0n) is 26.0. The maximum atomic E-state index is 13.9. The number of hydrogen-bond acceptors (Lipinski definition) is 11. The predicted molar refractivity (Wildman–Crippen MR) is 176 cm³/mol. The van der Waals surface area contributed by atoms with Gasteiger partial charge in [-0.1, -0.05) is 50.2 Å². The Hall–Kier alpha value is -5.22. The van der Waals surface area contributed by atoms with Crippen LogP contribution in [-0.4, -0.2) is 68.4 Å². The van der Waals surface area contributed by atoms with E-state index < -0.39 is 48.8 Å². The van der Waals surface area contributed by atoms with Crippen LogP contribution in [0.25, 0.3) is 0 Å². The highest BCUT2D eigenvalue weighted by Gasteiger charge is 2.47. The van der Waals surface area contributed by atoms with Crippen LogP contribution < -0.4 is 9.80 Å². The zero-order chi connectivity index (χ0) is 34.4. The molecule has 3 aromatic rings. The molecule has 1 aromatic heterocycles. The van der Waals surface area contributed by atoms with Gasteiger partial charge in [0, 0.05) is 37.8 Å². The second-order valence-corrected chi connectivity index (χ2v) is 14.9. The van der Waals surface area contributed by atoms with E-state index in [4.69, 9.17) is 4.74 Å². The molecule has 0 fully saturated rings. The van der Waals surface area contributed by atoms with E-state index in [0.717, 1.165) is 18.5 Å². The van der Waals surface area contributed by atoms with Crippen molar-refractivity contribution < 1.29 is 36.0 Å². The fourth-order valence-corrected chi connectivity index (χ4v) is 8.01. The van der Waals surface area contributed by atoms with Crippen molar-refractivity contribution in [1.29, 1.82) is 0 Å². The minimum atomic E-state index is -4.60. The van der Waals surface area contributed by atoms with E-state index in [1.165, 1.54) is 41.2 Å². The molecule has 0 radical (unpaired) electrons. The third-order valence-electron chi connectivity index (χ3n) is 7.96. The number of hydrogen-bond donors (Lipinski definition) is 0. The average Bonchev–Trinajstić information content (AvgIpc) is 3.05. The van der Waals surface area contributed by atoms with Crippen LogP contribution in [0.4, 0.5) is 16.3 Å². The van der Waals surface area contributed by atoms with E-state index in [9.17, 15) is 31.2 Å². The first-order valence-corrected chi connectivity index (χ1v) is 17.7. The van der Waals surface area contributed by atoms with Gasteiger partial charge in [-0.05, 0) is 42.2 Å². The Morgan fingerprint density at radius 3 is 2.48 bits per heavy atom. The van der Waals surface area contributed by atoms with Crippen molar-refractivity contribution in [2.45, 2.75) is 31.8 Å². The molecule has 16 heteroatoms. The van der Waals surface area contributed by atoms with Crippen LogP contribution in [0.15, 0.2) is 93.5 Å². The molecule has 2 aromatic carbocycles. The number of fused-ring (bicyclic) bond motifs is 2. The van der Waals surface area contributed by atoms with Crippen LogP contribution in [0.1, 0.15) is 41.8 Å². The van der Waals surface area contributed by atoms with Crippen molar-refractivity contribution in [3.8, 4) is 0 Å². The van der Waals surface area contributed by atoms with E-state index in [1.807, 2.05) is 13.8 Å². The van der Waals surface area contributed by atoms with Gasteiger partial charge >= 0.3 is 6.09 Å². The van der Waals surface area contributed by atoms with Gasteiger partial charge in [-0.15, -0.1) is 4.40 Å². The molecule has 0 N–H and O–H groups in total. The van der Waals surface area contributed by atoms with Gasteiger partial charge in [0.2, 0.25) is 5.91 Å². The Morgan fingerprint density at radius 2 is 1.75 bits per heavy atom. The molecular formula is C32H30N6O8S2. The second kappa shape index (κ2) is 12.4. The quantitative estimate of drug-likeness (QED) is 0.332. The predicted octanol–water partition coefficient (Wildman–Crippen LogP) is 3.71. The number of pyridine rings is 1. The lowest BCUT2D eigenvalue weighted by Gasteiger charge is -2.36. The van der Waals surface area contributed by atoms with Crippen molar-refractivity contribution in [2.75, 3.05) is 23.4 Å². The number of Topliss-reactive ketones (excluding diaryl/α,β-unsaturated/α-hetero) is 1. The fourth-order valence-electron chi connectivity index (χ4n) is 5.46. The SMILES string of the molecule is CC(C)CCN1C(=O)C(C2=NS(=O)(=O)c3ccc(C4=NC=CN(C(=O)OCc5ccccc5)S4(=O)=O)cc3N2C)C(=O)c2cccnc21. The number of ether oxygens (including phenoxy) is 1. The van der Waals surface area contributed by atoms with Gasteiger partial charge in [0.1, 0.15) is 23.2 Å². The molecule has 0 saturated heterocycles. The number of carbonyl (C=O) groups excluding carboxylic acids is 3. The first-order chi connectivity index (χ1) is 22.8. The Bertz CT molecular complexity index is 2150. The Kier molecular flexibility index (Phi) is 8.47. The highest BCUT2D eigenvalue weighted by atomic mass is 32.2. The summed E-state index contributed by atoms with van der Waals surface area (Å²) < 4.78 is 63.7. The smallest absolute Gasteiger partial charge is 0.428 e. The molecule has 2 amide bonds. The lowest BCUT2D eigenvalue weighted by atomic mass is 9.90. The van der Waals surface area contributed by atoms with Gasteiger partial charge < -0.3 is 9.64 Å². The van der Waals surface area contributed by atoms with E-state index >= 15 is 0 Å². The van der Waals surface area contributed by atoms with Crippen molar-refractivity contribution in [2.24, 2.45) is 21.2 Å². The summed E-state index contributed by atoms with van der Waals surface area (Å²) in [4.78, 5) is 51.2. The summed E-state index contributed by atoms with van der Waals surface area (Å²) in [5.74, 6) is -2.90. The summed E-state index contributed by atoms with van der Waals surface area (Å²) in [6.07, 6.45) is 2.95. The van der Waals surface area contributed by atoms with Gasteiger partial charge in [0.25, 0.3) is 20.0 Å². The lowest BCUT2D eigenvalue weighted by Crippen LogP contribution is -2.53. The van der Waals surface area contributed by atoms with E-state index in [1.54, 1.807) is 36.4 Å². The van der Waals surface area contributed by atoms with E-state index in [0.29, 0.717) is 16.3 Å². The van der Waals surface area contributed by atoms with Gasteiger partial charge in [-0.3, -0.25) is 14.5 Å². The number of sulfonamides is 2. The minimum absolute atomic E-state index is 0.0468. The zero-order valence-corrected chi connectivity index (χ0v) is 27.7. The molecule has 0 aliphatic carbocycles. The maximum Gasteiger partial charge on any atom is 0.428 e. The normalized spacial score (nSPS) is 19.4. The molecule has 1 atom stereocenters. The summed E-state index contributed by atoms with van der Waals surface area (Å²) >= 11 is 0. The Morgan fingerprint density at radius 1 is 1.00 bits per heavy atom. The number of ketones is 1. The third-order valence-corrected chi connectivity index (χ3v) is 10.9. The summed E-state index contributed by atoms with van der Waals surface area (Å²) in [5, 5.41) is -0.552. The number of amidine groups is 1.